The Bertz CT molecular complexity index is 1240. The minimum atomic E-state index is -5.08. The van der Waals surface area contributed by atoms with E-state index < -0.39 is 46.8 Å². The zero-order valence-corrected chi connectivity index (χ0v) is 24.4. The second-order valence-electron chi connectivity index (χ2n) is 9.04. The SMILES string of the molecule is NCCCC[C@H](N)C(=O)N(C(=O)OCc1ccccc1)C(SCCCN)(C(=O)O)C(=O)c1ccccc1.O=C(O)C(F)(F)F. The summed E-state index contributed by atoms with van der Waals surface area (Å²) in [5.41, 5.74) is 17.9. The minimum Gasteiger partial charge on any atom is -0.478 e. The van der Waals surface area contributed by atoms with Crippen LogP contribution >= 0.6 is 11.8 Å². The molecule has 16 heteroatoms. The highest BCUT2D eigenvalue weighted by molar-refractivity contribution is 8.02. The highest BCUT2D eigenvalue weighted by Crippen LogP contribution is 2.36. The molecule has 12 nitrogen and oxygen atoms in total. The summed E-state index contributed by atoms with van der Waals surface area (Å²) in [6.45, 7) is 0.353. The van der Waals surface area contributed by atoms with Crippen molar-refractivity contribution in [1.82, 2.24) is 4.90 Å². The van der Waals surface area contributed by atoms with Crippen molar-refractivity contribution in [2.75, 3.05) is 18.8 Å². The number of carbonyl (C=O) groups excluding carboxylic acids is 3. The van der Waals surface area contributed by atoms with Crippen molar-refractivity contribution >= 4 is 41.5 Å². The van der Waals surface area contributed by atoms with Gasteiger partial charge in [0.2, 0.25) is 5.78 Å². The number of hydrogen-bond donors (Lipinski definition) is 5. The van der Waals surface area contributed by atoms with Crippen LogP contribution in [0.2, 0.25) is 0 Å². The fourth-order valence-electron chi connectivity index (χ4n) is 3.53. The summed E-state index contributed by atoms with van der Waals surface area (Å²) in [5.74, 6) is -6.35. The first kappa shape index (κ1) is 38.0. The Morgan fingerprint density at radius 3 is 1.84 bits per heavy atom. The van der Waals surface area contributed by atoms with Crippen LogP contribution in [0.15, 0.2) is 60.7 Å². The third-order valence-electron chi connectivity index (χ3n) is 5.74. The summed E-state index contributed by atoms with van der Waals surface area (Å²) < 4.78 is 37.1. The molecule has 0 aromatic heterocycles. The highest BCUT2D eigenvalue weighted by Gasteiger charge is 2.58. The summed E-state index contributed by atoms with van der Waals surface area (Å²) in [6.07, 6.45) is -4.83. The Labute approximate surface area is 255 Å². The number of nitrogens with two attached hydrogens (primary N) is 3. The number of alkyl halides is 3. The molecule has 0 fully saturated rings. The van der Waals surface area contributed by atoms with Gasteiger partial charge in [-0.05, 0) is 43.7 Å². The van der Waals surface area contributed by atoms with Gasteiger partial charge in [0.15, 0.2) is 0 Å². The van der Waals surface area contributed by atoms with Crippen LogP contribution in [-0.4, -0.2) is 80.8 Å². The van der Waals surface area contributed by atoms with E-state index in [1.165, 1.54) is 12.1 Å². The lowest BCUT2D eigenvalue weighted by Gasteiger charge is -2.37. The molecule has 242 valence electrons. The molecule has 0 aliphatic carbocycles. The first-order valence-corrected chi connectivity index (χ1v) is 14.2. The van der Waals surface area contributed by atoms with Gasteiger partial charge in [-0.2, -0.15) is 13.2 Å². The number of rotatable bonds is 15. The Morgan fingerprint density at radius 1 is 0.841 bits per heavy atom. The highest BCUT2D eigenvalue weighted by atomic mass is 32.2. The molecule has 2 amide bonds. The Morgan fingerprint density at radius 2 is 1.36 bits per heavy atom. The largest absolute Gasteiger partial charge is 0.490 e. The Balaban J connectivity index is 0.00000123. The van der Waals surface area contributed by atoms with Gasteiger partial charge in [-0.15, -0.1) is 11.8 Å². The Kier molecular flexibility index (Phi) is 16.1. The standard InChI is InChI=1S/C26H34N4O6S.C2HF3O2/c27-15-8-7-14-21(29)23(32)30(25(35)36-18-19-10-3-1-4-11-19)26(24(33)34,37-17-9-16-28)22(31)20-12-5-2-6-13-20;3-2(4,5)1(6)7/h1-6,10-13,21H,7-9,14-18,27-29H2,(H,33,34);(H,6,7)/t21-,26?;/m0./s1. The van der Waals surface area contributed by atoms with E-state index in [0.29, 0.717) is 48.0 Å². The fourth-order valence-corrected chi connectivity index (χ4v) is 4.80. The van der Waals surface area contributed by atoms with E-state index in [2.05, 4.69) is 0 Å². The maximum absolute atomic E-state index is 13.8. The van der Waals surface area contributed by atoms with Crippen LogP contribution in [0.1, 0.15) is 41.6 Å². The number of Topliss-reactive ketones (excluding diaryl/α,β-unsaturated/α-hetero) is 1. The molecule has 2 rings (SSSR count). The smallest absolute Gasteiger partial charge is 0.478 e. The molecule has 0 radical (unpaired) electrons. The predicted molar refractivity (Wildman–Crippen MR) is 155 cm³/mol. The van der Waals surface area contributed by atoms with Crippen LogP contribution in [-0.2, 0) is 25.7 Å². The zero-order valence-electron chi connectivity index (χ0n) is 23.6. The van der Waals surface area contributed by atoms with Crippen molar-refractivity contribution in [3.05, 3.63) is 71.8 Å². The predicted octanol–water partition coefficient (Wildman–Crippen LogP) is 2.99. The number of thioether (sulfide) groups is 1. The van der Waals surface area contributed by atoms with Crippen LogP contribution in [0.25, 0.3) is 0 Å². The van der Waals surface area contributed by atoms with Gasteiger partial charge in [-0.3, -0.25) is 9.59 Å². The molecular weight excluding hydrogens is 609 g/mol. The number of ketones is 1. The quantitative estimate of drug-likeness (QED) is 0.0818. The van der Waals surface area contributed by atoms with E-state index >= 15 is 0 Å². The van der Waals surface area contributed by atoms with Crippen molar-refractivity contribution in [3.63, 3.8) is 0 Å². The maximum Gasteiger partial charge on any atom is 0.490 e. The zero-order chi connectivity index (χ0) is 33.3. The third-order valence-corrected chi connectivity index (χ3v) is 7.20. The number of carboxylic acids is 2. The molecule has 2 aromatic rings. The molecule has 0 heterocycles. The summed E-state index contributed by atoms with van der Waals surface area (Å²) >= 11 is 0.636. The number of nitrogens with zero attached hydrogens (tertiary/aromatic N) is 1. The molecule has 0 aliphatic rings. The molecule has 0 saturated carbocycles. The number of imide groups is 1. The maximum atomic E-state index is 13.8. The van der Waals surface area contributed by atoms with Gasteiger partial charge in [0.1, 0.15) is 6.61 Å². The van der Waals surface area contributed by atoms with Gasteiger partial charge in [0.25, 0.3) is 10.8 Å². The number of hydrogen-bond acceptors (Lipinski definition) is 10. The summed E-state index contributed by atoms with van der Waals surface area (Å²) in [5, 5.41) is 17.6. The van der Waals surface area contributed by atoms with Crippen molar-refractivity contribution in [1.29, 1.82) is 0 Å². The number of ether oxygens (including phenoxy) is 1. The van der Waals surface area contributed by atoms with Gasteiger partial charge >= 0.3 is 24.2 Å². The van der Waals surface area contributed by atoms with E-state index in [0.717, 1.165) is 0 Å². The van der Waals surface area contributed by atoms with E-state index in [-0.39, 0.29) is 30.9 Å². The lowest BCUT2D eigenvalue weighted by molar-refractivity contribution is -0.192. The molecule has 0 bridgehead atoms. The Hall–Kier alpha value is -3.99. The van der Waals surface area contributed by atoms with E-state index in [1.54, 1.807) is 48.5 Å². The summed E-state index contributed by atoms with van der Waals surface area (Å²) in [4.78, 5) is 60.4. The van der Waals surface area contributed by atoms with Gasteiger partial charge in [0, 0.05) is 5.56 Å². The lowest BCUT2D eigenvalue weighted by Crippen LogP contribution is -2.65. The molecule has 0 spiro atoms. The third kappa shape index (κ3) is 11.3. The fraction of sp³-hybridized carbons (Fsp3) is 0.393. The van der Waals surface area contributed by atoms with Crippen LogP contribution in [0.3, 0.4) is 0 Å². The van der Waals surface area contributed by atoms with Gasteiger partial charge in [0.05, 0.1) is 6.04 Å². The number of carbonyl (C=O) groups is 5. The van der Waals surface area contributed by atoms with Gasteiger partial charge < -0.3 is 32.2 Å². The number of amides is 2. The molecule has 1 unspecified atom stereocenters. The number of carboxylic acid groups (broad SMARTS) is 2. The van der Waals surface area contributed by atoms with Crippen molar-refractivity contribution in [2.45, 2.75) is 49.4 Å². The van der Waals surface area contributed by atoms with Gasteiger partial charge in [-0.25, -0.2) is 19.3 Å². The first-order chi connectivity index (χ1) is 20.7. The summed E-state index contributed by atoms with van der Waals surface area (Å²) in [6, 6.07) is 15.0. The van der Waals surface area contributed by atoms with Crippen LogP contribution in [0, 0.1) is 0 Å². The topological polar surface area (TPSA) is 216 Å². The molecule has 44 heavy (non-hydrogen) atoms. The second kappa shape index (κ2) is 18.6. The van der Waals surface area contributed by atoms with Gasteiger partial charge in [-0.1, -0.05) is 67.1 Å². The van der Waals surface area contributed by atoms with Crippen molar-refractivity contribution in [2.24, 2.45) is 17.2 Å². The molecule has 0 saturated heterocycles. The number of unbranched alkanes of at least 4 members (excludes halogenated alkanes) is 1. The molecular formula is C28H35F3N4O8S. The average molecular weight is 645 g/mol. The average Bonchev–Trinajstić information content (AvgIpc) is 2.99. The van der Waals surface area contributed by atoms with Crippen LogP contribution < -0.4 is 17.2 Å². The monoisotopic (exact) mass is 644 g/mol. The molecule has 0 aliphatic heterocycles. The molecule has 8 N–H and O–H groups in total. The second-order valence-corrected chi connectivity index (χ2v) is 10.3. The van der Waals surface area contributed by atoms with Crippen molar-refractivity contribution in [3.8, 4) is 0 Å². The van der Waals surface area contributed by atoms with Crippen LogP contribution in [0.5, 0.6) is 0 Å². The minimum absolute atomic E-state index is 0.00973. The number of aliphatic carboxylic acids is 2. The first-order valence-electron chi connectivity index (χ1n) is 13.2. The number of benzene rings is 2. The van der Waals surface area contributed by atoms with Crippen LogP contribution in [0.4, 0.5) is 18.0 Å². The molecule has 2 aromatic carbocycles. The normalized spacial score (nSPS) is 13.0. The van der Waals surface area contributed by atoms with E-state index in [1.807, 2.05) is 0 Å². The van der Waals surface area contributed by atoms with Crippen molar-refractivity contribution < 1.29 is 52.1 Å². The lowest BCUT2D eigenvalue weighted by atomic mass is 10.0. The molecule has 2 atom stereocenters. The summed E-state index contributed by atoms with van der Waals surface area (Å²) in [7, 11) is 0. The number of halogens is 3. The van der Waals surface area contributed by atoms with E-state index in [9.17, 15) is 37.5 Å². The van der Waals surface area contributed by atoms with E-state index in [4.69, 9.17) is 31.8 Å².